The molecule has 6 heteroatoms. The van der Waals surface area contributed by atoms with E-state index in [-0.39, 0.29) is 0 Å². The molecule has 0 unspecified atom stereocenters. The normalized spacial score (nSPS) is 10.9. The number of nitrogen functional groups attached to an aromatic ring is 4. The third kappa shape index (κ3) is 27.0. The highest BCUT2D eigenvalue weighted by molar-refractivity contribution is 5.61. The summed E-state index contributed by atoms with van der Waals surface area (Å²) in [5.74, 6) is 1.51. The number of hydrogen-bond donors (Lipinski definition) is 4. The maximum atomic E-state index is 5.88. The van der Waals surface area contributed by atoms with E-state index in [0.29, 0.717) is 22.7 Å². The van der Waals surface area contributed by atoms with Crippen LogP contribution in [0.1, 0.15) is 194 Å². The molecule has 0 aliphatic rings. The quantitative estimate of drug-likeness (QED) is 0.0446. The number of unbranched alkanes of at least 4 members (excludes halogenated alkanes) is 26. The van der Waals surface area contributed by atoms with Gasteiger partial charge in [-0.2, -0.15) is 0 Å². The number of anilines is 4. The summed E-state index contributed by atoms with van der Waals surface area (Å²) in [6.07, 6.45) is 38.4. The fourth-order valence-electron chi connectivity index (χ4n) is 6.35. The van der Waals surface area contributed by atoms with Crippen LogP contribution in [0.15, 0.2) is 36.4 Å². The summed E-state index contributed by atoms with van der Waals surface area (Å²) < 4.78 is 11.4. The molecule has 0 spiro atoms. The van der Waals surface area contributed by atoms with Crippen LogP contribution < -0.4 is 32.4 Å². The van der Waals surface area contributed by atoms with Crippen molar-refractivity contribution in [2.24, 2.45) is 0 Å². The Bertz CT molecular complexity index is 950. The van der Waals surface area contributed by atoms with Crippen LogP contribution in [-0.4, -0.2) is 13.2 Å². The lowest BCUT2D eigenvalue weighted by Gasteiger charge is -2.09. The highest BCUT2D eigenvalue weighted by atomic mass is 16.5. The lowest BCUT2D eigenvalue weighted by atomic mass is 10.0. The topological polar surface area (TPSA) is 123 Å². The fourth-order valence-corrected chi connectivity index (χ4v) is 6.35. The molecular weight excluding hydrogens is 617 g/mol. The number of ether oxygens (including phenoxy) is 2. The molecule has 0 fully saturated rings. The zero-order valence-corrected chi connectivity index (χ0v) is 32.8. The van der Waals surface area contributed by atoms with E-state index in [1.54, 1.807) is 12.1 Å². The minimum absolute atomic E-state index is 0.630. The molecule has 0 amide bonds. The van der Waals surface area contributed by atoms with E-state index >= 15 is 0 Å². The molecule has 0 saturated heterocycles. The Kier molecular flexibility index (Phi) is 30.2. The van der Waals surface area contributed by atoms with Gasteiger partial charge in [-0.1, -0.05) is 181 Å². The first kappa shape index (κ1) is 45.3. The molecule has 2 aromatic rings. The Labute approximate surface area is 309 Å². The van der Waals surface area contributed by atoms with Gasteiger partial charge in [-0.15, -0.1) is 0 Å². The third-order valence-corrected chi connectivity index (χ3v) is 9.58. The minimum Gasteiger partial charge on any atom is -0.491 e. The average Bonchev–Trinajstić information content (AvgIpc) is 3.10. The zero-order valence-electron chi connectivity index (χ0n) is 32.8. The van der Waals surface area contributed by atoms with Gasteiger partial charge in [0, 0.05) is 11.4 Å². The highest BCUT2D eigenvalue weighted by Crippen LogP contribution is 2.25. The van der Waals surface area contributed by atoms with Crippen LogP contribution >= 0.6 is 0 Å². The van der Waals surface area contributed by atoms with Crippen molar-refractivity contribution in [2.45, 2.75) is 194 Å². The second-order valence-electron chi connectivity index (χ2n) is 14.5. The van der Waals surface area contributed by atoms with Crippen LogP contribution in [0.4, 0.5) is 22.7 Å². The Morgan fingerprint density at radius 1 is 0.340 bits per heavy atom. The second-order valence-corrected chi connectivity index (χ2v) is 14.5. The molecule has 2 aromatic carbocycles. The monoisotopic (exact) mass is 697 g/mol. The lowest BCUT2D eigenvalue weighted by molar-refractivity contribution is 0.305. The number of rotatable bonds is 32. The molecule has 0 atom stereocenters. The van der Waals surface area contributed by atoms with Gasteiger partial charge in [0.15, 0.2) is 0 Å². The fraction of sp³-hybridized carbons (Fsp3) is 0.727. The van der Waals surface area contributed by atoms with Gasteiger partial charge in [-0.3, -0.25) is 0 Å². The molecule has 0 aliphatic carbocycles. The van der Waals surface area contributed by atoms with Gasteiger partial charge in [-0.05, 0) is 49.2 Å². The van der Waals surface area contributed by atoms with Crippen molar-refractivity contribution in [3.8, 4) is 11.5 Å². The van der Waals surface area contributed by atoms with Crippen molar-refractivity contribution < 1.29 is 9.47 Å². The molecule has 0 aliphatic heterocycles. The SMILES string of the molecule is CCCCCCCCCCCCCCCCOc1ccc(N)cc1N.CCCCCCCCCCCCCCCCOc1ccc(N)cc1N. The van der Waals surface area contributed by atoms with Crippen molar-refractivity contribution in [2.75, 3.05) is 36.1 Å². The standard InChI is InChI=1S/2C22H40N2O/c2*1-2-3-4-5-6-7-8-9-10-11-12-13-14-15-18-25-22-17-16-20(23)19-21(22)24/h2*16-17,19H,2-15,18,23-24H2,1H3. The number of nitrogens with two attached hydrogens (primary N) is 4. The summed E-state index contributed by atoms with van der Waals surface area (Å²) in [5.41, 5.74) is 25.7. The first-order valence-corrected chi connectivity index (χ1v) is 21.0. The maximum Gasteiger partial charge on any atom is 0.142 e. The van der Waals surface area contributed by atoms with E-state index in [9.17, 15) is 0 Å². The molecule has 0 aromatic heterocycles. The van der Waals surface area contributed by atoms with Crippen LogP contribution in [0, 0.1) is 0 Å². The van der Waals surface area contributed by atoms with Gasteiger partial charge in [0.1, 0.15) is 11.5 Å². The first-order chi connectivity index (χ1) is 24.5. The third-order valence-electron chi connectivity index (χ3n) is 9.58. The summed E-state index contributed by atoms with van der Waals surface area (Å²) in [5, 5.41) is 0. The van der Waals surface area contributed by atoms with Gasteiger partial charge in [0.2, 0.25) is 0 Å². The summed E-state index contributed by atoms with van der Waals surface area (Å²) in [6.45, 7) is 6.05. The molecular formula is C44H80N4O2. The average molecular weight is 697 g/mol. The Morgan fingerprint density at radius 2 is 0.580 bits per heavy atom. The lowest BCUT2D eigenvalue weighted by Crippen LogP contribution is -2.01. The zero-order chi connectivity index (χ0) is 36.3. The molecule has 6 nitrogen and oxygen atoms in total. The molecule has 288 valence electrons. The van der Waals surface area contributed by atoms with Crippen molar-refractivity contribution in [1.82, 2.24) is 0 Å². The molecule has 50 heavy (non-hydrogen) atoms. The van der Waals surface area contributed by atoms with E-state index in [4.69, 9.17) is 32.4 Å². The highest BCUT2D eigenvalue weighted by Gasteiger charge is 2.02. The van der Waals surface area contributed by atoms with Gasteiger partial charge >= 0.3 is 0 Å². The molecule has 0 bridgehead atoms. The van der Waals surface area contributed by atoms with Crippen LogP contribution in [0.25, 0.3) is 0 Å². The van der Waals surface area contributed by atoms with Crippen LogP contribution in [0.2, 0.25) is 0 Å². The number of benzene rings is 2. The van der Waals surface area contributed by atoms with Gasteiger partial charge in [0.05, 0.1) is 24.6 Å². The van der Waals surface area contributed by atoms with E-state index < -0.39 is 0 Å². The predicted octanol–water partition coefficient (Wildman–Crippen LogP) is 13.4. The van der Waals surface area contributed by atoms with Crippen molar-refractivity contribution >= 4 is 22.7 Å². The summed E-state index contributed by atoms with van der Waals surface area (Å²) in [7, 11) is 0. The molecule has 0 radical (unpaired) electrons. The summed E-state index contributed by atoms with van der Waals surface area (Å²) in [6, 6.07) is 10.9. The maximum absolute atomic E-state index is 5.88. The van der Waals surface area contributed by atoms with Crippen LogP contribution in [0.5, 0.6) is 11.5 Å². The van der Waals surface area contributed by atoms with E-state index in [0.717, 1.165) is 37.6 Å². The molecule has 0 saturated carbocycles. The van der Waals surface area contributed by atoms with Crippen LogP contribution in [0.3, 0.4) is 0 Å². The van der Waals surface area contributed by atoms with Crippen molar-refractivity contribution in [3.63, 3.8) is 0 Å². The van der Waals surface area contributed by atoms with Crippen molar-refractivity contribution in [3.05, 3.63) is 36.4 Å². The van der Waals surface area contributed by atoms with E-state index in [1.165, 1.54) is 167 Å². The van der Waals surface area contributed by atoms with Gasteiger partial charge < -0.3 is 32.4 Å². The summed E-state index contributed by atoms with van der Waals surface area (Å²) >= 11 is 0. The van der Waals surface area contributed by atoms with Crippen LogP contribution in [-0.2, 0) is 0 Å². The first-order valence-electron chi connectivity index (χ1n) is 21.0. The Hall–Kier alpha value is -2.76. The van der Waals surface area contributed by atoms with Gasteiger partial charge in [0.25, 0.3) is 0 Å². The Balaban J connectivity index is 0.000000500. The Morgan fingerprint density at radius 3 is 0.820 bits per heavy atom. The van der Waals surface area contributed by atoms with Gasteiger partial charge in [-0.25, -0.2) is 0 Å². The second kappa shape index (κ2) is 33.4. The summed E-state index contributed by atoms with van der Waals surface area (Å²) in [4.78, 5) is 0. The minimum atomic E-state index is 0.630. The molecule has 8 N–H and O–H groups in total. The molecule has 2 rings (SSSR count). The number of hydrogen-bond acceptors (Lipinski definition) is 6. The van der Waals surface area contributed by atoms with Crippen molar-refractivity contribution in [1.29, 1.82) is 0 Å². The van der Waals surface area contributed by atoms with E-state index in [1.807, 2.05) is 24.3 Å². The molecule has 0 heterocycles. The van der Waals surface area contributed by atoms with E-state index in [2.05, 4.69) is 13.8 Å². The largest absolute Gasteiger partial charge is 0.491 e. The predicted molar refractivity (Wildman–Crippen MR) is 222 cm³/mol. The smallest absolute Gasteiger partial charge is 0.142 e.